The number of rotatable bonds is 2. The van der Waals surface area contributed by atoms with Gasteiger partial charge in [-0.15, -0.1) is 0 Å². The van der Waals surface area contributed by atoms with Gasteiger partial charge in [-0.2, -0.15) is 0 Å². The molecule has 6 atom stereocenters. The molecule has 0 bridgehead atoms. The van der Waals surface area contributed by atoms with Crippen LogP contribution in [-0.4, -0.2) is 39.8 Å². The van der Waals surface area contributed by atoms with E-state index in [-0.39, 0.29) is 30.8 Å². The summed E-state index contributed by atoms with van der Waals surface area (Å²) in [6, 6.07) is 0. The van der Waals surface area contributed by atoms with Crippen LogP contribution < -0.4 is 0 Å². The molecule has 5 nitrogen and oxygen atoms in total. The average Bonchev–Trinajstić information content (AvgIpc) is 2.90. The maximum absolute atomic E-state index is 13.6. The van der Waals surface area contributed by atoms with Gasteiger partial charge in [0.15, 0.2) is 11.6 Å². The molecular weight excluding hydrogens is 336 g/mol. The standard InChI is InChI=1S/C21H28O5/c1-19-7-5-13(23)9-12(19)3-4-14-15-6-8-21(26,17(25)11-22)20(15,2)10-16(24)18(14)19/h9,14-15,18,22,26H,3-8,10-11H2,1-2H3/t14-,15-,18+,19-,20-,21-/m0/s1/i1+1D3,5+1,7+1D2,9+1. The Kier molecular flexibility index (Phi) is 2.78. The van der Waals surface area contributed by atoms with Gasteiger partial charge < -0.3 is 10.2 Å². The minimum Gasteiger partial charge on any atom is -0.388 e. The number of ketones is 3. The van der Waals surface area contributed by atoms with Crippen LogP contribution in [0.3, 0.4) is 0 Å². The maximum atomic E-state index is 13.6. The molecule has 0 saturated heterocycles. The molecule has 3 fully saturated rings. The number of carbonyl (C=O) groups excluding carboxylic acids is 3. The third-order valence-corrected chi connectivity index (χ3v) is 7.62. The van der Waals surface area contributed by atoms with Crippen molar-refractivity contribution < 1.29 is 31.5 Å². The van der Waals surface area contributed by atoms with Gasteiger partial charge in [-0.1, -0.05) is 19.3 Å². The van der Waals surface area contributed by atoms with Gasteiger partial charge in [0.2, 0.25) is 0 Å². The number of hydrogen-bond donors (Lipinski definition) is 2. The van der Waals surface area contributed by atoms with Crippen molar-refractivity contribution in [1.29, 1.82) is 0 Å². The highest BCUT2D eigenvalue weighted by Gasteiger charge is 2.68. The summed E-state index contributed by atoms with van der Waals surface area (Å²) in [5.74, 6) is -3.78. The summed E-state index contributed by atoms with van der Waals surface area (Å²) in [5, 5.41) is 20.6. The number of hydrogen-bond acceptors (Lipinski definition) is 5. The van der Waals surface area contributed by atoms with E-state index in [1.54, 1.807) is 6.92 Å². The van der Waals surface area contributed by atoms with E-state index in [0.717, 1.165) is 0 Å². The molecule has 4 aliphatic rings. The molecule has 0 aliphatic heterocycles. The molecule has 0 unspecified atom stereocenters. The summed E-state index contributed by atoms with van der Waals surface area (Å²) in [6.45, 7) is -2.05. The molecule has 0 aromatic heterocycles. The Morgan fingerprint density at radius 1 is 1.38 bits per heavy atom. The Labute approximate surface area is 160 Å². The Morgan fingerprint density at radius 2 is 2.15 bits per heavy atom. The van der Waals surface area contributed by atoms with Crippen LogP contribution in [0.2, 0.25) is 0 Å². The van der Waals surface area contributed by atoms with E-state index in [4.69, 9.17) is 6.85 Å². The zero-order valence-corrected chi connectivity index (χ0v) is 14.9. The summed E-state index contributed by atoms with van der Waals surface area (Å²) in [5.41, 5.74) is -4.94. The smallest absolute Gasteiger partial charge is 0.190 e. The van der Waals surface area contributed by atoms with E-state index in [1.165, 1.54) is 6.08 Å². The predicted molar refractivity (Wildman–Crippen MR) is 94.1 cm³/mol. The molecule has 3 saturated carbocycles. The average molecular weight is 369 g/mol. The third-order valence-electron chi connectivity index (χ3n) is 7.62. The summed E-state index contributed by atoms with van der Waals surface area (Å²) in [4.78, 5) is 38.3. The second-order valence-corrected chi connectivity index (χ2v) is 8.62. The zero-order valence-electron chi connectivity index (χ0n) is 19.9. The number of aliphatic hydroxyl groups is 2. The van der Waals surface area contributed by atoms with Crippen molar-refractivity contribution in [3.63, 3.8) is 0 Å². The topological polar surface area (TPSA) is 91.7 Å². The van der Waals surface area contributed by atoms with Crippen molar-refractivity contribution in [2.45, 2.75) is 64.3 Å². The first kappa shape index (κ1) is 12.9. The van der Waals surface area contributed by atoms with Crippen LogP contribution in [0.1, 0.15) is 65.5 Å². The first-order valence-corrected chi connectivity index (χ1v) is 9.30. The SMILES string of the molecule is [2H][13C]([2H])([2H])[C@@]12C(=[13CH]C(=O)[13CH2][13C]1([2H])[2H])CC[C@H]1[C@@H]3CC[C@](O)(C(=O)CO)[C@@]3(C)CC(=O)[C@@H]12. The maximum Gasteiger partial charge on any atom is 0.190 e. The lowest BCUT2D eigenvalue weighted by atomic mass is 9.49. The number of allylic oxidation sites excluding steroid dienone is 1. The second kappa shape index (κ2) is 5.59. The van der Waals surface area contributed by atoms with Crippen LogP contribution in [0, 0.1) is 28.6 Å². The Balaban J connectivity index is 1.90. The normalized spacial score (nSPS) is 53.0. The number of aliphatic hydroxyl groups excluding tert-OH is 1. The van der Waals surface area contributed by atoms with Crippen LogP contribution in [0.25, 0.3) is 0 Å². The molecule has 0 aromatic rings. The molecule has 0 amide bonds. The molecule has 4 aliphatic carbocycles. The van der Waals surface area contributed by atoms with Gasteiger partial charge in [-0.05, 0) is 55.4 Å². The van der Waals surface area contributed by atoms with Crippen molar-refractivity contribution in [3.8, 4) is 0 Å². The van der Waals surface area contributed by atoms with Gasteiger partial charge in [0.05, 0.1) is 0 Å². The van der Waals surface area contributed by atoms with Gasteiger partial charge in [-0.3, -0.25) is 14.4 Å². The Bertz CT molecular complexity index is 895. The van der Waals surface area contributed by atoms with Gasteiger partial charge >= 0.3 is 0 Å². The molecule has 142 valence electrons. The van der Waals surface area contributed by atoms with Crippen molar-refractivity contribution in [2.75, 3.05) is 6.61 Å². The van der Waals surface area contributed by atoms with E-state index < -0.39 is 71.9 Å². The second-order valence-electron chi connectivity index (χ2n) is 8.62. The van der Waals surface area contributed by atoms with Crippen LogP contribution in [-0.2, 0) is 14.4 Å². The van der Waals surface area contributed by atoms with Gasteiger partial charge in [-0.25, -0.2) is 0 Å². The molecule has 5 heteroatoms. The van der Waals surface area contributed by atoms with Crippen molar-refractivity contribution in [1.82, 2.24) is 0 Å². The molecule has 26 heavy (non-hydrogen) atoms. The molecule has 0 spiro atoms. The molecular formula is C21H28O5. The summed E-state index contributed by atoms with van der Waals surface area (Å²) < 4.78 is 42.4. The monoisotopic (exact) mass is 369 g/mol. The Hall–Kier alpha value is -1.33. The van der Waals surface area contributed by atoms with Crippen LogP contribution >= 0.6 is 0 Å². The zero-order chi connectivity index (χ0) is 23.2. The van der Waals surface area contributed by atoms with Crippen LogP contribution in [0.5, 0.6) is 0 Å². The lowest BCUT2D eigenvalue weighted by Crippen LogP contribution is -2.60. The summed E-state index contributed by atoms with van der Waals surface area (Å²) in [6.07, 6.45) is -1.06. The van der Waals surface area contributed by atoms with Gasteiger partial charge in [0.1, 0.15) is 18.0 Å². The lowest BCUT2D eigenvalue weighted by Gasteiger charge is -2.57. The molecule has 2 N–H and O–H groups in total. The fraction of sp³-hybridized carbons (Fsp3) is 0.762. The number of Topliss-reactive ketones (excluding diaryl/α,β-unsaturated/α-hetero) is 2. The van der Waals surface area contributed by atoms with Crippen LogP contribution in [0.15, 0.2) is 11.6 Å². The van der Waals surface area contributed by atoms with E-state index >= 15 is 0 Å². The number of carbonyl (C=O) groups is 3. The molecule has 0 aromatic carbocycles. The fourth-order valence-corrected chi connectivity index (χ4v) is 6.30. The summed E-state index contributed by atoms with van der Waals surface area (Å²) >= 11 is 0. The molecule has 0 heterocycles. The largest absolute Gasteiger partial charge is 0.388 e. The van der Waals surface area contributed by atoms with E-state index in [1.807, 2.05) is 0 Å². The lowest BCUT2D eigenvalue weighted by molar-refractivity contribution is -0.170. The van der Waals surface area contributed by atoms with E-state index in [9.17, 15) is 24.6 Å². The van der Waals surface area contributed by atoms with Gasteiger partial charge in [0, 0.05) is 31.0 Å². The van der Waals surface area contributed by atoms with E-state index in [0.29, 0.717) is 12.8 Å². The minimum absolute atomic E-state index is 0.0684. The highest BCUT2D eigenvalue weighted by atomic mass is 16.3. The quantitative estimate of drug-likeness (QED) is 0.727. The molecule has 0 radical (unpaired) electrons. The van der Waals surface area contributed by atoms with Crippen molar-refractivity contribution >= 4 is 17.3 Å². The number of fused-ring (bicyclic) bond motifs is 5. The predicted octanol–water partition coefficient (Wildman–Crippen LogP) is 1.99. The fourth-order valence-electron chi connectivity index (χ4n) is 6.30. The Morgan fingerprint density at radius 3 is 2.85 bits per heavy atom. The van der Waals surface area contributed by atoms with Crippen LogP contribution in [0.4, 0.5) is 0 Å². The van der Waals surface area contributed by atoms with E-state index in [2.05, 4.69) is 0 Å². The third kappa shape index (κ3) is 2.07. The van der Waals surface area contributed by atoms with Crippen molar-refractivity contribution in [3.05, 3.63) is 11.6 Å². The highest BCUT2D eigenvalue weighted by Crippen LogP contribution is 2.66. The van der Waals surface area contributed by atoms with Gasteiger partial charge in [0.25, 0.3) is 0 Å². The van der Waals surface area contributed by atoms with Crippen molar-refractivity contribution in [2.24, 2.45) is 28.6 Å². The molecule has 4 rings (SSSR count). The minimum atomic E-state index is -2.86. The highest BCUT2D eigenvalue weighted by molar-refractivity contribution is 5.94. The first-order chi connectivity index (χ1) is 14.2. The summed E-state index contributed by atoms with van der Waals surface area (Å²) in [7, 11) is 0. The first-order valence-electron chi connectivity index (χ1n) is 11.8.